The lowest BCUT2D eigenvalue weighted by molar-refractivity contribution is -0.121. The van der Waals surface area contributed by atoms with Crippen molar-refractivity contribution < 1.29 is 9.59 Å². The summed E-state index contributed by atoms with van der Waals surface area (Å²) in [5, 5.41) is 9.74. The van der Waals surface area contributed by atoms with Gasteiger partial charge in [-0.15, -0.1) is 0 Å². The van der Waals surface area contributed by atoms with Crippen LogP contribution in [0.2, 0.25) is 0 Å². The van der Waals surface area contributed by atoms with Gasteiger partial charge in [0.1, 0.15) is 0 Å². The van der Waals surface area contributed by atoms with Gasteiger partial charge in [-0.3, -0.25) is 9.59 Å². The standard InChI is InChI=1S/C23H24N4O2/c1-16-11-17(2)23(18(3)12-16)26-22(29)14-24-21(28)10-9-19-13-25-27(15-19)20-7-5-4-6-8-20/h4-13,15H,14H2,1-3H3,(H,24,28)(H,26,29). The summed E-state index contributed by atoms with van der Waals surface area (Å²) in [5.41, 5.74) is 5.66. The molecule has 3 rings (SSSR count). The van der Waals surface area contributed by atoms with Crippen molar-refractivity contribution in [2.24, 2.45) is 0 Å². The van der Waals surface area contributed by atoms with E-state index in [1.54, 1.807) is 17.0 Å². The van der Waals surface area contributed by atoms with Gasteiger partial charge >= 0.3 is 0 Å². The molecule has 6 heteroatoms. The Morgan fingerprint density at radius 3 is 2.45 bits per heavy atom. The lowest BCUT2D eigenvalue weighted by atomic mass is 10.1. The van der Waals surface area contributed by atoms with Crippen LogP contribution in [0.3, 0.4) is 0 Å². The molecule has 2 aromatic carbocycles. The number of nitrogens with zero attached hydrogens (tertiary/aromatic N) is 2. The summed E-state index contributed by atoms with van der Waals surface area (Å²) in [4.78, 5) is 24.2. The first-order chi connectivity index (χ1) is 13.9. The fourth-order valence-corrected chi connectivity index (χ4v) is 3.10. The van der Waals surface area contributed by atoms with E-state index in [1.807, 2.05) is 69.4 Å². The molecular formula is C23H24N4O2. The highest BCUT2D eigenvalue weighted by molar-refractivity contribution is 5.98. The highest BCUT2D eigenvalue weighted by atomic mass is 16.2. The van der Waals surface area contributed by atoms with Crippen molar-refractivity contribution in [1.29, 1.82) is 0 Å². The largest absolute Gasteiger partial charge is 0.343 e. The molecule has 0 bridgehead atoms. The van der Waals surface area contributed by atoms with E-state index in [0.717, 1.165) is 33.6 Å². The van der Waals surface area contributed by atoms with Gasteiger partial charge in [-0.1, -0.05) is 35.9 Å². The van der Waals surface area contributed by atoms with E-state index >= 15 is 0 Å². The SMILES string of the molecule is Cc1cc(C)c(NC(=O)CNC(=O)C=Cc2cnn(-c3ccccc3)c2)c(C)c1. The zero-order valence-corrected chi connectivity index (χ0v) is 16.8. The molecule has 29 heavy (non-hydrogen) atoms. The molecule has 148 valence electrons. The molecule has 3 aromatic rings. The van der Waals surface area contributed by atoms with E-state index in [0.29, 0.717) is 0 Å². The summed E-state index contributed by atoms with van der Waals surface area (Å²) in [6.07, 6.45) is 6.55. The summed E-state index contributed by atoms with van der Waals surface area (Å²) in [5.74, 6) is -0.608. The summed E-state index contributed by atoms with van der Waals surface area (Å²) in [7, 11) is 0. The van der Waals surface area contributed by atoms with Crippen molar-refractivity contribution in [3.05, 3.63) is 83.2 Å². The third kappa shape index (κ3) is 5.42. The summed E-state index contributed by atoms with van der Waals surface area (Å²) < 4.78 is 1.73. The van der Waals surface area contributed by atoms with Gasteiger partial charge in [0.25, 0.3) is 0 Å². The molecule has 0 radical (unpaired) electrons. The van der Waals surface area contributed by atoms with Crippen LogP contribution in [0.5, 0.6) is 0 Å². The Morgan fingerprint density at radius 2 is 1.76 bits per heavy atom. The minimum Gasteiger partial charge on any atom is -0.343 e. The Hall–Kier alpha value is -3.67. The van der Waals surface area contributed by atoms with Gasteiger partial charge < -0.3 is 10.6 Å². The third-order valence-electron chi connectivity index (χ3n) is 4.42. The number of rotatable bonds is 6. The van der Waals surface area contributed by atoms with E-state index in [2.05, 4.69) is 15.7 Å². The van der Waals surface area contributed by atoms with Crippen molar-refractivity contribution in [2.45, 2.75) is 20.8 Å². The zero-order chi connectivity index (χ0) is 20.8. The number of anilines is 1. The molecule has 1 aromatic heterocycles. The highest BCUT2D eigenvalue weighted by Gasteiger charge is 2.09. The average molecular weight is 388 g/mol. The predicted molar refractivity (Wildman–Crippen MR) is 115 cm³/mol. The fourth-order valence-electron chi connectivity index (χ4n) is 3.10. The molecule has 0 aliphatic carbocycles. The highest BCUT2D eigenvalue weighted by Crippen LogP contribution is 2.21. The van der Waals surface area contributed by atoms with Gasteiger partial charge in [0.2, 0.25) is 11.8 Å². The summed E-state index contributed by atoms with van der Waals surface area (Å²) in [6.45, 7) is 5.82. The third-order valence-corrected chi connectivity index (χ3v) is 4.42. The first-order valence-electron chi connectivity index (χ1n) is 9.36. The summed E-state index contributed by atoms with van der Waals surface area (Å²) >= 11 is 0. The number of para-hydroxylation sites is 1. The molecule has 0 saturated heterocycles. The second-order valence-electron chi connectivity index (χ2n) is 6.93. The van der Waals surface area contributed by atoms with E-state index in [-0.39, 0.29) is 18.4 Å². The molecule has 0 aliphatic rings. The second kappa shape index (κ2) is 9.01. The van der Waals surface area contributed by atoms with Crippen LogP contribution in [-0.2, 0) is 9.59 Å². The molecule has 0 unspecified atom stereocenters. The van der Waals surface area contributed by atoms with Crippen LogP contribution in [0.15, 0.2) is 60.9 Å². The van der Waals surface area contributed by atoms with Gasteiger partial charge in [0.05, 0.1) is 18.4 Å². The number of aryl methyl sites for hydroxylation is 3. The Labute approximate surface area is 170 Å². The maximum atomic E-state index is 12.2. The molecule has 0 spiro atoms. The molecule has 0 fully saturated rings. The number of aromatic nitrogens is 2. The molecule has 0 aliphatic heterocycles. The maximum absolute atomic E-state index is 12.2. The molecule has 6 nitrogen and oxygen atoms in total. The smallest absolute Gasteiger partial charge is 0.244 e. The van der Waals surface area contributed by atoms with Crippen LogP contribution < -0.4 is 10.6 Å². The number of amides is 2. The minimum atomic E-state index is -0.343. The number of carbonyl (C=O) groups excluding carboxylic acids is 2. The van der Waals surface area contributed by atoms with E-state index < -0.39 is 0 Å². The van der Waals surface area contributed by atoms with Crippen molar-refractivity contribution in [2.75, 3.05) is 11.9 Å². The van der Waals surface area contributed by atoms with Gasteiger partial charge in [-0.25, -0.2) is 4.68 Å². The topological polar surface area (TPSA) is 76.0 Å². The van der Waals surface area contributed by atoms with Crippen molar-refractivity contribution in [3.63, 3.8) is 0 Å². The molecule has 1 heterocycles. The lowest BCUT2D eigenvalue weighted by Crippen LogP contribution is -2.32. The van der Waals surface area contributed by atoms with Gasteiger partial charge in [-0.2, -0.15) is 5.10 Å². The fraction of sp³-hybridized carbons (Fsp3) is 0.174. The molecule has 0 saturated carbocycles. The molecule has 2 amide bonds. The minimum absolute atomic E-state index is 0.0980. The number of hydrogen-bond donors (Lipinski definition) is 2. The quantitative estimate of drug-likeness (QED) is 0.634. The van der Waals surface area contributed by atoms with E-state index in [9.17, 15) is 9.59 Å². The van der Waals surface area contributed by atoms with E-state index in [4.69, 9.17) is 0 Å². The first kappa shape index (κ1) is 20.1. The number of nitrogens with one attached hydrogen (secondary N) is 2. The van der Waals surface area contributed by atoms with Crippen LogP contribution in [0.25, 0.3) is 11.8 Å². The van der Waals surface area contributed by atoms with Crippen LogP contribution in [0.1, 0.15) is 22.3 Å². The Kier molecular flexibility index (Phi) is 6.24. The molecular weight excluding hydrogens is 364 g/mol. The Morgan fingerprint density at radius 1 is 1.07 bits per heavy atom. The Balaban J connectivity index is 1.52. The van der Waals surface area contributed by atoms with Crippen LogP contribution in [0, 0.1) is 20.8 Å². The lowest BCUT2D eigenvalue weighted by Gasteiger charge is -2.13. The van der Waals surface area contributed by atoms with Crippen molar-refractivity contribution in [1.82, 2.24) is 15.1 Å². The van der Waals surface area contributed by atoms with Crippen LogP contribution in [-0.4, -0.2) is 28.1 Å². The van der Waals surface area contributed by atoms with Gasteiger partial charge in [0.15, 0.2) is 0 Å². The van der Waals surface area contributed by atoms with Crippen molar-refractivity contribution >= 4 is 23.6 Å². The monoisotopic (exact) mass is 388 g/mol. The molecule has 0 atom stereocenters. The number of benzene rings is 2. The Bertz CT molecular complexity index is 1030. The number of hydrogen-bond acceptors (Lipinski definition) is 3. The second-order valence-corrected chi connectivity index (χ2v) is 6.93. The summed E-state index contributed by atoms with van der Waals surface area (Å²) in [6, 6.07) is 13.7. The first-order valence-corrected chi connectivity index (χ1v) is 9.36. The predicted octanol–water partition coefficient (Wildman–Crippen LogP) is 3.57. The van der Waals surface area contributed by atoms with Crippen molar-refractivity contribution in [3.8, 4) is 5.69 Å². The number of carbonyl (C=O) groups is 2. The molecule has 2 N–H and O–H groups in total. The van der Waals surface area contributed by atoms with E-state index in [1.165, 1.54) is 6.08 Å². The van der Waals surface area contributed by atoms with Crippen LogP contribution in [0.4, 0.5) is 5.69 Å². The zero-order valence-electron chi connectivity index (χ0n) is 16.8. The van der Waals surface area contributed by atoms with Crippen LogP contribution >= 0.6 is 0 Å². The normalized spacial score (nSPS) is 10.9. The average Bonchev–Trinajstić information content (AvgIpc) is 3.17. The van der Waals surface area contributed by atoms with Gasteiger partial charge in [0, 0.05) is 23.5 Å². The maximum Gasteiger partial charge on any atom is 0.244 e. The van der Waals surface area contributed by atoms with Gasteiger partial charge in [-0.05, 0) is 50.1 Å².